The minimum absolute atomic E-state index is 0.0637. The standard InChI is InChI=1S/C59H62N2/c1-59(2)55-20-9-7-18-51(55)52-35-33-49(38-56(52)59)60(47-31-26-41(27-32-47)45-23-22-39-12-3-4-14-43(39)36-45)46-29-24-40(25-30-46)44-15-11-16-48(37-44)61-57-21-10-8-19-53(57)54-34-28-42-13-5-6-17-50(42)58(54)61/h3,5-10,12,15,17,19-22,24,26-27,29-31,35-38,40,42,45,47,49,51,53,57H,4,11,13-14,16,18,23,25,28,32-34H2,1-2H3. The topological polar surface area (TPSA) is 6.48 Å². The van der Waals surface area contributed by atoms with E-state index in [9.17, 15) is 0 Å². The molecule has 8 atom stereocenters. The van der Waals surface area contributed by atoms with Crippen molar-refractivity contribution in [2.75, 3.05) is 0 Å². The Hall–Kier alpha value is -5.08. The lowest BCUT2D eigenvalue weighted by Crippen LogP contribution is -2.42. The van der Waals surface area contributed by atoms with Gasteiger partial charge in [0.15, 0.2) is 0 Å². The molecule has 0 N–H and O–H groups in total. The molecule has 0 saturated heterocycles. The van der Waals surface area contributed by atoms with Crippen LogP contribution in [0.1, 0.15) is 90.9 Å². The maximum atomic E-state index is 2.81. The number of hydrogen-bond donors (Lipinski definition) is 0. The van der Waals surface area contributed by atoms with Gasteiger partial charge in [0.25, 0.3) is 0 Å². The van der Waals surface area contributed by atoms with Crippen molar-refractivity contribution in [3.8, 4) is 0 Å². The summed E-state index contributed by atoms with van der Waals surface area (Å²) >= 11 is 0. The van der Waals surface area contributed by atoms with E-state index in [0.717, 1.165) is 44.9 Å². The minimum atomic E-state index is 0.0637. The van der Waals surface area contributed by atoms with Crippen molar-refractivity contribution in [2.24, 2.45) is 35.0 Å². The van der Waals surface area contributed by atoms with Gasteiger partial charge in [-0.3, -0.25) is 0 Å². The summed E-state index contributed by atoms with van der Waals surface area (Å²) in [7, 11) is 0. The van der Waals surface area contributed by atoms with Gasteiger partial charge in [0.2, 0.25) is 0 Å². The molecule has 0 aromatic carbocycles. The van der Waals surface area contributed by atoms with Crippen molar-refractivity contribution in [1.29, 1.82) is 0 Å². The number of fused-ring (bicyclic) bond motifs is 8. The maximum absolute atomic E-state index is 2.81. The maximum Gasteiger partial charge on any atom is 0.0623 e. The monoisotopic (exact) mass is 798 g/mol. The van der Waals surface area contributed by atoms with Crippen LogP contribution in [-0.4, -0.2) is 27.9 Å². The number of rotatable bonds is 6. The van der Waals surface area contributed by atoms with Gasteiger partial charge in [-0.25, -0.2) is 0 Å². The zero-order valence-electron chi connectivity index (χ0n) is 36.4. The van der Waals surface area contributed by atoms with Crippen LogP contribution in [0, 0.1) is 35.0 Å². The SMILES string of the molecule is CC1(C)C2=CC(N(C3=CCC(C4=CCCC(N5C6=C(CCC7CC=CC=C67)C6C=CC=CC65)=C4)C=C3)C3C=CC(C4C=C5CCC=CC5=CC4)=CC3)CC=C2C2CC=CC=C21. The van der Waals surface area contributed by atoms with E-state index < -0.39 is 0 Å². The highest BCUT2D eigenvalue weighted by atomic mass is 15.2. The Morgan fingerprint density at radius 3 is 2.44 bits per heavy atom. The molecule has 11 aliphatic carbocycles. The van der Waals surface area contributed by atoms with Crippen molar-refractivity contribution in [3.63, 3.8) is 0 Å². The van der Waals surface area contributed by atoms with Crippen LogP contribution < -0.4 is 0 Å². The number of hydrogen-bond acceptors (Lipinski definition) is 2. The van der Waals surface area contributed by atoms with E-state index in [2.05, 4.69) is 169 Å². The summed E-state index contributed by atoms with van der Waals surface area (Å²) in [5, 5.41) is 0. The van der Waals surface area contributed by atoms with Crippen LogP contribution in [0.15, 0.2) is 213 Å². The number of allylic oxidation sites excluding steroid dienone is 27. The summed E-state index contributed by atoms with van der Waals surface area (Å²) in [5.41, 5.74) is 18.6. The lowest BCUT2D eigenvalue weighted by Gasteiger charge is -2.42. The molecule has 61 heavy (non-hydrogen) atoms. The lowest BCUT2D eigenvalue weighted by atomic mass is 9.76. The largest absolute Gasteiger partial charge is 0.358 e. The van der Waals surface area contributed by atoms with Gasteiger partial charge >= 0.3 is 0 Å². The van der Waals surface area contributed by atoms with Gasteiger partial charge in [0.05, 0.1) is 18.1 Å². The Balaban J connectivity index is 0.830. The van der Waals surface area contributed by atoms with E-state index in [0.29, 0.717) is 47.7 Å². The molecule has 12 aliphatic rings. The molecule has 0 spiro atoms. The summed E-state index contributed by atoms with van der Waals surface area (Å²) in [6.07, 6.45) is 73.1. The predicted molar refractivity (Wildman–Crippen MR) is 254 cm³/mol. The lowest BCUT2D eigenvalue weighted by molar-refractivity contribution is 0.247. The average molecular weight is 799 g/mol. The van der Waals surface area contributed by atoms with Crippen molar-refractivity contribution in [1.82, 2.24) is 9.80 Å². The summed E-state index contributed by atoms with van der Waals surface area (Å²) in [5.74, 6) is 2.61. The zero-order chi connectivity index (χ0) is 40.7. The van der Waals surface area contributed by atoms with E-state index in [4.69, 9.17) is 0 Å². The fourth-order valence-corrected chi connectivity index (χ4v) is 13.5. The second-order valence-corrected chi connectivity index (χ2v) is 20.2. The molecule has 12 rings (SSSR count). The highest BCUT2D eigenvalue weighted by molar-refractivity contribution is 5.59. The fourth-order valence-electron chi connectivity index (χ4n) is 13.5. The molecule has 1 heterocycles. The zero-order valence-corrected chi connectivity index (χ0v) is 36.4. The van der Waals surface area contributed by atoms with Crippen molar-refractivity contribution < 1.29 is 0 Å². The molecule has 0 aromatic heterocycles. The highest BCUT2D eigenvalue weighted by Gasteiger charge is 2.47. The highest BCUT2D eigenvalue weighted by Crippen LogP contribution is 2.58. The van der Waals surface area contributed by atoms with Gasteiger partial charge in [-0.15, -0.1) is 0 Å². The predicted octanol–water partition coefficient (Wildman–Crippen LogP) is 14.0. The van der Waals surface area contributed by atoms with Crippen LogP contribution in [0.2, 0.25) is 0 Å². The summed E-state index contributed by atoms with van der Waals surface area (Å²) < 4.78 is 0. The molecule has 2 heteroatoms. The Labute approximate surface area is 365 Å². The van der Waals surface area contributed by atoms with E-state index in [-0.39, 0.29) is 5.41 Å². The van der Waals surface area contributed by atoms with Crippen LogP contribution >= 0.6 is 0 Å². The smallest absolute Gasteiger partial charge is 0.0623 e. The van der Waals surface area contributed by atoms with Gasteiger partial charge < -0.3 is 9.80 Å². The van der Waals surface area contributed by atoms with Gasteiger partial charge in [-0.1, -0.05) is 153 Å². The number of nitrogens with zero attached hydrogens (tertiary/aromatic N) is 2. The Morgan fingerprint density at radius 1 is 0.656 bits per heavy atom. The van der Waals surface area contributed by atoms with Gasteiger partial charge in [0.1, 0.15) is 0 Å². The molecule has 2 nitrogen and oxygen atoms in total. The van der Waals surface area contributed by atoms with E-state index in [1.807, 2.05) is 0 Å². The van der Waals surface area contributed by atoms with Gasteiger partial charge in [0, 0.05) is 46.2 Å². The second kappa shape index (κ2) is 15.1. The van der Waals surface area contributed by atoms with E-state index in [1.165, 1.54) is 60.2 Å². The third-order valence-corrected chi connectivity index (χ3v) is 16.6. The van der Waals surface area contributed by atoms with Crippen molar-refractivity contribution >= 4 is 0 Å². The quantitative estimate of drug-likeness (QED) is 0.264. The fraction of sp³-hybridized carbons (Fsp3) is 0.390. The molecular formula is C59H62N2. The first-order chi connectivity index (χ1) is 30.0. The molecule has 1 saturated carbocycles. The Kier molecular flexibility index (Phi) is 9.31. The first-order valence-corrected chi connectivity index (χ1v) is 24.1. The summed E-state index contributed by atoms with van der Waals surface area (Å²) in [6, 6.07) is 1.05. The first kappa shape index (κ1) is 37.7. The minimum Gasteiger partial charge on any atom is -0.358 e. The van der Waals surface area contributed by atoms with Crippen LogP contribution in [0.3, 0.4) is 0 Å². The Morgan fingerprint density at radius 2 is 1.54 bits per heavy atom. The van der Waals surface area contributed by atoms with Crippen LogP contribution in [0.5, 0.6) is 0 Å². The third-order valence-electron chi connectivity index (χ3n) is 16.6. The molecule has 8 unspecified atom stereocenters. The van der Waals surface area contributed by atoms with Gasteiger partial charge in [-0.05, 0) is 140 Å². The van der Waals surface area contributed by atoms with Gasteiger partial charge in [-0.2, -0.15) is 0 Å². The Bertz CT molecular complexity index is 2500. The summed E-state index contributed by atoms with van der Waals surface area (Å²) in [4.78, 5) is 5.61. The normalized spacial score (nSPS) is 34.8. The summed E-state index contributed by atoms with van der Waals surface area (Å²) in [6.45, 7) is 4.95. The van der Waals surface area contributed by atoms with Crippen LogP contribution in [0.4, 0.5) is 0 Å². The molecule has 0 aromatic rings. The molecule has 0 radical (unpaired) electrons. The van der Waals surface area contributed by atoms with E-state index in [1.54, 1.807) is 39.1 Å². The third kappa shape index (κ3) is 6.33. The molecule has 308 valence electrons. The first-order valence-electron chi connectivity index (χ1n) is 24.1. The second-order valence-electron chi connectivity index (χ2n) is 20.2. The van der Waals surface area contributed by atoms with Crippen molar-refractivity contribution in [2.45, 2.75) is 109 Å². The van der Waals surface area contributed by atoms with Crippen LogP contribution in [-0.2, 0) is 0 Å². The molecule has 1 fully saturated rings. The molecular weight excluding hydrogens is 737 g/mol. The van der Waals surface area contributed by atoms with Crippen molar-refractivity contribution in [3.05, 3.63) is 213 Å². The molecule has 0 bridgehead atoms. The molecule has 0 amide bonds. The average Bonchev–Trinajstić information content (AvgIpc) is 3.78. The molecule has 1 aliphatic heterocycles. The van der Waals surface area contributed by atoms with E-state index >= 15 is 0 Å². The van der Waals surface area contributed by atoms with Crippen LogP contribution in [0.25, 0.3) is 0 Å².